The number of nitrogens with zero attached hydrogens (tertiary/aromatic N) is 5. The van der Waals surface area contributed by atoms with Gasteiger partial charge in [0.1, 0.15) is 12.2 Å². The maximum Gasteiger partial charge on any atom is 0.191 e. The van der Waals surface area contributed by atoms with Gasteiger partial charge in [-0.3, -0.25) is 0 Å². The number of benzene rings is 2. The van der Waals surface area contributed by atoms with Crippen LogP contribution in [0.1, 0.15) is 23.6 Å². The minimum absolute atomic E-state index is 0.118. The molecule has 0 amide bonds. The van der Waals surface area contributed by atoms with E-state index in [9.17, 15) is 0 Å². The average molecular weight is 384 g/mol. The molecular formula is C19H18ClN5S. The Balaban J connectivity index is 1.77. The fourth-order valence-corrected chi connectivity index (χ4v) is 4.03. The third-order valence-electron chi connectivity index (χ3n) is 4.24. The molecule has 2 aromatic heterocycles. The van der Waals surface area contributed by atoms with Crippen LogP contribution < -0.4 is 0 Å². The summed E-state index contributed by atoms with van der Waals surface area (Å²) >= 11 is 7.83. The van der Waals surface area contributed by atoms with Crippen molar-refractivity contribution in [3.63, 3.8) is 0 Å². The van der Waals surface area contributed by atoms with Crippen molar-refractivity contribution >= 4 is 34.4 Å². The molecule has 7 heteroatoms. The van der Waals surface area contributed by atoms with Gasteiger partial charge in [0.15, 0.2) is 5.16 Å². The molecule has 0 aliphatic carbocycles. The first-order valence-corrected chi connectivity index (χ1v) is 9.58. The molecule has 0 saturated heterocycles. The predicted molar refractivity (Wildman–Crippen MR) is 106 cm³/mol. The molecule has 0 aliphatic heterocycles. The topological polar surface area (TPSA) is 48.5 Å². The summed E-state index contributed by atoms with van der Waals surface area (Å²) in [5, 5.41) is 9.83. The first-order valence-electron chi connectivity index (χ1n) is 8.32. The first kappa shape index (κ1) is 17.1. The van der Waals surface area contributed by atoms with Crippen LogP contribution >= 0.6 is 23.4 Å². The van der Waals surface area contributed by atoms with Crippen LogP contribution in [0.4, 0.5) is 0 Å². The van der Waals surface area contributed by atoms with Gasteiger partial charge in [0.2, 0.25) is 0 Å². The number of rotatable bonds is 5. The summed E-state index contributed by atoms with van der Waals surface area (Å²) in [4.78, 5) is 4.88. The Bertz CT molecular complexity index is 1040. The summed E-state index contributed by atoms with van der Waals surface area (Å²) in [5.74, 6) is 0.999. The Morgan fingerprint density at radius 3 is 2.69 bits per heavy atom. The molecule has 0 unspecified atom stereocenters. The lowest BCUT2D eigenvalue weighted by Gasteiger charge is -2.14. The van der Waals surface area contributed by atoms with E-state index in [1.54, 1.807) is 18.1 Å². The van der Waals surface area contributed by atoms with Crippen LogP contribution in [0.2, 0.25) is 5.02 Å². The van der Waals surface area contributed by atoms with Gasteiger partial charge in [0, 0.05) is 18.6 Å². The van der Waals surface area contributed by atoms with Crippen molar-refractivity contribution < 1.29 is 0 Å². The molecule has 5 nitrogen and oxygen atoms in total. The number of fused-ring (bicyclic) bond motifs is 1. The molecule has 0 fully saturated rings. The second kappa shape index (κ2) is 7.13. The van der Waals surface area contributed by atoms with Crippen LogP contribution in [-0.2, 0) is 13.6 Å². The largest absolute Gasteiger partial charge is 0.323 e. The molecule has 2 aromatic carbocycles. The van der Waals surface area contributed by atoms with Crippen molar-refractivity contribution in [2.24, 2.45) is 7.05 Å². The third-order valence-corrected chi connectivity index (χ3v) is 5.62. The zero-order valence-electron chi connectivity index (χ0n) is 14.5. The Kier molecular flexibility index (Phi) is 4.70. The van der Waals surface area contributed by atoms with Gasteiger partial charge in [-0.05, 0) is 30.7 Å². The van der Waals surface area contributed by atoms with Crippen LogP contribution in [0.25, 0.3) is 11.0 Å². The molecule has 0 bridgehead atoms. The SMILES string of the molecule is C[C@H](Sc1nncn1C)c1nc2cc(Cl)ccc2n1Cc1ccccc1. The monoisotopic (exact) mass is 383 g/mol. The van der Waals surface area contributed by atoms with Crippen molar-refractivity contribution in [3.05, 3.63) is 71.3 Å². The summed E-state index contributed by atoms with van der Waals surface area (Å²) in [6.07, 6.45) is 1.71. The molecule has 1 atom stereocenters. The lowest BCUT2D eigenvalue weighted by molar-refractivity contribution is 0.737. The van der Waals surface area contributed by atoms with Gasteiger partial charge in [-0.25, -0.2) is 4.98 Å². The predicted octanol–water partition coefficient (Wildman–Crippen LogP) is 4.72. The summed E-state index contributed by atoms with van der Waals surface area (Å²) < 4.78 is 4.18. The lowest BCUT2D eigenvalue weighted by atomic mass is 10.2. The van der Waals surface area contributed by atoms with Crippen LogP contribution in [-0.4, -0.2) is 24.3 Å². The lowest BCUT2D eigenvalue weighted by Crippen LogP contribution is -2.07. The van der Waals surface area contributed by atoms with E-state index in [1.165, 1.54) is 5.56 Å². The van der Waals surface area contributed by atoms with Crippen LogP contribution in [0.3, 0.4) is 0 Å². The van der Waals surface area contributed by atoms with Crippen molar-refractivity contribution in [1.29, 1.82) is 0 Å². The Labute approximate surface area is 161 Å². The number of imidazole rings is 1. The van der Waals surface area contributed by atoms with Gasteiger partial charge in [-0.2, -0.15) is 0 Å². The molecule has 0 spiro atoms. The Hall–Kier alpha value is -2.31. The summed E-state index contributed by atoms with van der Waals surface area (Å²) in [6.45, 7) is 2.90. The highest BCUT2D eigenvalue weighted by atomic mass is 35.5. The van der Waals surface area contributed by atoms with Crippen molar-refractivity contribution in [3.8, 4) is 0 Å². The molecule has 0 saturated carbocycles. The standard InChI is InChI=1S/C19H18ClN5S/c1-13(26-19-23-21-12-24(19)2)18-22-16-10-15(20)8-9-17(16)25(18)11-14-6-4-3-5-7-14/h3-10,12-13H,11H2,1-2H3/t13-/m0/s1. The highest BCUT2D eigenvalue weighted by Crippen LogP contribution is 2.35. The summed E-state index contributed by atoms with van der Waals surface area (Å²) in [5.41, 5.74) is 3.23. The normalized spacial score (nSPS) is 12.6. The average Bonchev–Trinajstić information content (AvgIpc) is 3.19. The van der Waals surface area contributed by atoms with Gasteiger partial charge in [0.25, 0.3) is 0 Å². The van der Waals surface area contributed by atoms with E-state index < -0.39 is 0 Å². The molecule has 0 N–H and O–H groups in total. The van der Waals surface area contributed by atoms with Gasteiger partial charge in [0.05, 0.1) is 16.3 Å². The van der Waals surface area contributed by atoms with E-state index in [1.807, 2.05) is 35.9 Å². The number of hydrogen-bond acceptors (Lipinski definition) is 4. The van der Waals surface area contributed by atoms with Crippen LogP contribution in [0.5, 0.6) is 0 Å². The minimum Gasteiger partial charge on any atom is -0.323 e. The molecular weight excluding hydrogens is 366 g/mol. The van der Waals surface area contributed by atoms with Gasteiger partial charge in [-0.15, -0.1) is 10.2 Å². The van der Waals surface area contributed by atoms with E-state index in [-0.39, 0.29) is 5.25 Å². The first-order chi connectivity index (χ1) is 12.6. The quantitative estimate of drug-likeness (QED) is 0.468. The van der Waals surface area contributed by atoms with Crippen molar-refractivity contribution in [2.45, 2.75) is 23.9 Å². The zero-order chi connectivity index (χ0) is 18.1. The maximum atomic E-state index is 6.18. The molecule has 2 heterocycles. The van der Waals surface area contributed by atoms with E-state index in [4.69, 9.17) is 16.6 Å². The van der Waals surface area contributed by atoms with Gasteiger partial charge >= 0.3 is 0 Å². The van der Waals surface area contributed by atoms with E-state index in [0.29, 0.717) is 5.02 Å². The fraction of sp³-hybridized carbons (Fsp3) is 0.211. The number of hydrogen-bond donors (Lipinski definition) is 0. The molecule has 0 aliphatic rings. The fourth-order valence-electron chi connectivity index (χ4n) is 2.95. The van der Waals surface area contributed by atoms with E-state index >= 15 is 0 Å². The molecule has 132 valence electrons. The molecule has 0 radical (unpaired) electrons. The number of aryl methyl sites for hydroxylation is 1. The van der Waals surface area contributed by atoms with Crippen LogP contribution in [0, 0.1) is 0 Å². The Morgan fingerprint density at radius 1 is 1.15 bits per heavy atom. The third kappa shape index (κ3) is 3.34. The minimum atomic E-state index is 0.118. The Morgan fingerprint density at radius 2 is 1.96 bits per heavy atom. The smallest absolute Gasteiger partial charge is 0.191 e. The highest BCUT2D eigenvalue weighted by Gasteiger charge is 2.20. The van der Waals surface area contributed by atoms with Crippen molar-refractivity contribution in [1.82, 2.24) is 24.3 Å². The second-order valence-electron chi connectivity index (χ2n) is 6.16. The highest BCUT2D eigenvalue weighted by molar-refractivity contribution is 7.99. The number of thioether (sulfide) groups is 1. The summed E-state index contributed by atoms with van der Waals surface area (Å²) in [7, 11) is 1.95. The molecule has 26 heavy (non-hydrogen) atoms. The summed E-state index contributed by atoms with van der Waals surface area (Å²) in [6, 6.07) is 16.3. The second-order valence-corrected chi connectivity index (χ2v) is 7.90. The number of aromatic nitrogens is 5. The van der Waals surface area contributed by atoms with E-state index in [2.05, 4.69) is 46.0 Å². The van der Waals surface area contributed by atoms with Crippen molar-refractivity contribution in [2.75, 3.05) is 0 Å². The molecule has 4 aromatic rings. The maximum absolute atomic E-state index is 6.18. The van der Waals surface area contributed by atoms with E-state index in [0.717, 1.165) is 28.6 Å². The van der Waals surface area contributed by atoms with Gasteiger partial charge < -0.3 is 9.13 Å². The zero-order valence-corrected chi connectivity index (χ0v) is 16.1. The van der Waals surface area contributed by atoms with Gasteiger partial charge in [-0.1, -0.05) is 53.7 Å². The molecule has 4 rings (SSSR count). The van der Waals surface area contributed by atoms with Crippen LogP contribution in [0.15, 0.2) is 60.0 Å². The number of halogens is 1.